The van der Waals surface area contributed by atoms with Gasteiger partial charge >= 0.3 is 0 Å². The molecule has 0 spiro atoms. The second kappa shape index (κ2) is 8.88. The number of para-hydroxylation sites is 1. The van der Waals surface area contributed by atoms with Crippen LogP contribution < -0.4 is 10.1 Å². The Labute approximate surface area is 187 Å². The van der Waals surface area contributed by atoms with Crippen molar-refractivity contribution in [3.63, 3.8) is 0 Å². The van der Waals surface area contributed by atoms with Crippen LogP contribution in [0.15, 0.2) is 36.5 Å². The molecule has 168 valence electrons. The molecular weight excluding hydrogens is 406 g/mol. The molecule has 4 heterocycles. The van der Waals surface area contributed by atoms with Gasteiger partial charge in [-0.1, -0.05) is 18.2 Å². The van der Waals surface area contributed by atoms with Crippen LogP contribution in [0.2, 0.25) is 0 Å². The standard InChI is InChI=1S/C24H29N5O3/c1-15(30)29-13-17(26-18-9-10-32-14-18)7-8-22(29)23-25-12-21(27-23)19-11-16-5-3-4-6-20(16)28-24(19)31-2/h3-6,11-12,17-18,22,26H,7-10,13-14H2,1-2H3,(H,25,27)/t17-,18?,22+/m1/s1. The molecule has 2 aliphatic heterocycles. The van der Waals surface area contributed by atoms with Crippen molar-refractivity contribution in [1.29, 1.82) is 0 Å². The SMILES string of the molecule is COc1nc2ccccc2cc1-c1cnc([C@@H]2CC[C@@H](NC3CCOC3)CN2C(C)=O)[nH]1. The number of nitrogens with one attached hydrogen (secondary N) is 2. The molecule has 2 fully saturated rings. The first-order chi connectivity index (χ1) is 15.6. The Morgan fingerprint density at radius 3 is 2.91 bits per heavy atom. The van der Waals surface area contributed by atoms with Gasteiger partial charge in [-0.25, -0.2) is 9.97 Å². The number of methoxy groups -OCH3 is 1. The third-order valence-corrected chi connectivity index (χ3v) is 6.47. The molecule has 0 bridgehead atoms. The van der Waals surface area contributed by atoms with Gasteiger partial charge in [0.2, 0.25) is 11.8 Å². The van der Waals surface area contributed by atoms with Crippen molar-refractivity contribution in [2.24, 2.45) is 0 Å². The van der Waals surface area contributed by atoms with Gasteiger partial charge in [0.1, 0.15) is 5.82 Å². The number of fused-ring (bicyclic) bond motifs is 1. The molecule has 8 heteroatoms. The van der Waals surface area contributed by atoms with E-state index in [-0.39, 0.29) is 18.0 Å². The fourth-order valence-corrected chi connectivity index (χ4v) is 4.83. The quantitative estimate of drug-likeness (QED) is 0.640. The highest BCUT2D eigenvalue weighted by Gasteiger charge is 2.34. The molecule has 3 atom stereocenters. The molecule has 8 nitrogen and oxygen atoms in total. The Morgan fingerprint density at radius 1 is 1.25 bits per heavy atom. The fraction of sp³-hybridized carbons (Fsp3) is 0.458. The molecule has 1 amide bonds. The van der Waals surface area contributed by atoms with E-state index < -0.39 is 0 Å². The van der Waals surface area contributed by atoms with Gasteiger partial charge in [0.15, 0.2) is 0 Å². The minimum atomic E-state index is -0.0708. The third-order valence-electron chi connectivity index (χ3n) is 6.47. The van der Waals surface area contributed by atoms with E-state index in [0.717, 1.165) is 60.5 Å². The lowest BCUT2D eigenvalue weighted by Crippen LogP contribution is -2.51. The zero-order chi connectivity index (χ0) is 22.1. The summed E-state index contributed by atoms with van der Waals surface area (Å²) in [6, 6.07) is 10.6. The summed E-state index contributed by atoms with van der Waals surface area (Å²) < 4.78 is 11.0. The topological polar surface area (TPSA) is 92.4 Å². The fourth-order valence-electron chi connectivity index (χ4n) is 4.83. The summed E-state index contributed by atoms with van der Waals surface area (Å²) in [4.78, 5) is 27.2. The summed E-state index contributed by atoms with van der Waals surface area (Å²) in [5.41, 5.74) is 2.58. The first kappa shape index (κ1) is 20.9. The maximum atomic E-state index is 12.5. The number of ether oxygens (including phenoxy) is 2. The largest absolute Gasteiger partial charge is 0.480 e. The lowest BCUT2D eigenvalue weighted by atomic mass is 9.96. The van der Waals surface area contributed by atoms with Gasteiger partial charge < -0.3 is 24.7 Å². The predicted molar refractivity (Wildman–Crippen MR) is 121 cm³/mol. The molecule has 2 aliphatic rings. The summed E-state index contributed by atoms with van der Waals surface area (Å²) in [7, 11) is 1.62. The van der Waals surface area contributed by atoms with Crippen LogP contribution in [0.4, 0.5) is 0 Å². The van der Waals surface area contributed by atoms with Crippen LogP contribution in [0.3, 0.4) is 0 Å². The van der Waals surface area contributed by atoms with Crippen molar-refractivity contribution in [2.75, 3.05) is 26.9 Å². The lowest BCUT2D eigenvalue weighted by Gasteiger charge is -2.39. The van der Waals surface area contributed by atoms with Crippen LogP contribution in [-0.4, -0.2) is 64.7 Å². The minimum absolute atomic E-state index is 0.0621. The molecule has 3 aromatic rings. The van der Waals surface area contributed by atoms with E-state index >= 15 is 0 Å². The lowest BCUT2D eigenvalue weighted by molar-refractivity contribution is -0.133. The number of benzene rings is 1. The van der Waals surface area contributed by atoms with Crippen molar-refractivity contribution in [3.05, 3.63) is 42.4 Å². The number of aromatic nitrogens is 3. The number of likely N-dealkylation sites (tertiary alicyclic amines) is 1. The van der Waals surface area contributed by atoms with E-state index in [0.29, 0.717) is 18.5 Å². The van der Waals surface area contributed by atoms with Gasteiger partial charge in [-0.3, -0.25) is 4.79 Å². The number of carbonyl (C=O) groups is 1. The highest BCUT2D eigenvalue weighted by atomic mass is 16.5. The van der Waals surface area contributed by atoms with Crippen molar-refractivity contribution >= 4 is 16.8 Å². The van der Waals surface area contributed by atoms with Crippen LogP contribution in [0, 0.1) is 0 Å². The van der Waals surface area contributed by atoms with Crippen LogP contribution in [0.5, 0.6) is 5.88 Å². The molecular formula is C24H29N5O3. The average molecular weight is 436 g/mol. The van der Waals surface area contributed by atoms with E-state index in [9.17, 15) is 4.79 Å². The van der Waals surface area contributed by atoms with E-state index in [1.165, 1.54) is 0 Å². The zero-order valence-electron chi connectivity index (χ0n) is 18.5. The number of rotatable bonds is 5. The number of carbonyl (C=O) groups excluding carboxylic acids is 1. The Morgan fingerprint density at radius 2 is 2.12 bits per heavy atom. The summed E-state index contributed by atoms with van der Waals surface area (Å²) in [5.74, 6) is 1.41. The van der Waals surface area contributed by atoms with Gasteiger partial charge in [0.05, 0.1) is 42.7 Å². The third kappa shape index (κ3) is 4.08. The van der Waals surface area contributed by atoms with Crippen molar-refractivity contribution < 1.29 is 14.3 Å². The van der Waals surface area contributed by atoms with Gasteiger partial charge in [-0.05, 0) is 31.4 Å². The van der Waals surface area contributed by atoms with E-state index in [4.69, 9.17) is 9.47 Å². The Kier molecular flexibility index (Phi) is 5.80. The van der Waals surface area contributed by atoms with E-state index in [1.54, 1.807) is 14.0 Å². The summed E-state index contributed by atoms with van der Waals surface area (Å²) in [5, 5.41) is 4.70. The number of pyridine rings is 1. The van der Waals surface area contributed by atoms with Crippen LogP contribution >= 0.6 is 0 Å². The van der Waals surface area contributed by atoms with Crippen molar-refractivity contribution in [3.8, 4) is 17.1 Å². The number of piperidine rings is 1. The van der Waals surface area contributed by atoms with Crippen molar-refractivity contribution in [2.45, 2.75) is 44.3 Å². The average Bonchev–Trinajstić information content (AvgIpc) is 3.50. The van der Waals surface area contributed by atoms with Gasteiger partial charge in [-0.2, -0.15) is 0 Å². The molecule has 1 unspecified atom stereocenters. The molecule has 2 saturated heterocycles. The van der Waals surface area contributed by atoms with Gasteiger partial charge in [0, 0.05) is 37.5 Å². The molecule has 0 radical (unpaired) electrons. The van der Waals surface area contributed by atoms with E-state index in [1.807, 2.05) is 35.4 Å². The molecule has 2 N–H and O–H groups in total. The Hall–Kier alpha value is -2.97. The monoisotopic (exact) mass is 435 g/mol. The smallest absolute Gasteiger partial charge is 0.223 e. The molecule has 0 aliphatic carbocycles. The van der Waals surface area contributed by atoms with Gasteiger partial charge in [-0.15, -0.1) is 0 Å². The zero-order valence-corrected chi connectivity index (χ0v) is 18.5. The number of hydrogen-bond acceptors (Lipinski definition) is 6. The molecule has 5 rings (SSSR count). The second-order valence-electron chi connectivity index (χ2n) is 8.61. The highest BCUT2D eigenvalue weighted by molar-refractivity contribution is 5.85. The first-order valence-electron chi connectivity index (χ1n) is 11.2. The van der Waals surface area contributed by atoms with Gasteiger partial charge in [0.25, 0.3) is 0 Å². The molecule has 2 aromatic heterocycles. The van der Waals surface area contributed by atoms with Crippen LogP contribution in [-0.2, 0) is 9.53 Å². The first-order valence-corrected chi connectivity index (χ1v) is 11.2. The van der Waals surface area contributed by atoms with E-state index in [2.05, 4.69) is 26.3 Å². The van der Waals surface area contributed by atoms with Crippen LogP contribution in [0.1, 0.15) is 38.1 Å². The predicted octanol–water partition coefficient (Wildman–Crippen LogP) is 3.06. The summed E-state index contributed by atoms with van der Waals surface area (Å²) in [6.07, 6.45) is 4.68. The Balaban J connectivity index is 1.39. The maximum absolute atomic E-state index is 12.5. The number of hydrogen-bond donors (Lipinski definition) is 2. The minimum Gasteiger partial charge on any atom is -0.480 e. The Bertz CT molecular complexity index is 1110. The summed E-state index contributed by atoms with van der Waals surface area (Å²) >= 11 is 0. The number of aromatic amines is 1. The molecule has 1 aromatic carbocycles. The van der Waals surface area contributed by atoms with Crippen molar-refractivity contribution in [1.82, 2.24) is 25.2 Å². The highest BCUT2D eigenvalue weighted by Crippen LogP contribution is 2.34. The maximum Gasteiger partial charge on any atom is 0.223 e. The molecule has 0 saturated carbocycles. The normalized spacial score (nSPS) is 23.6. The number of amides is 1. The summed E-state index contributed by atoms with van der Waals surface area (Å²) in [6.45, 7) is 3.87. The van der Waals surface area contributed by atoms with Crippen LogP contribution in [0.25, 0.3) is 22.2 Å². The number of nitrogens with zero attached hydrogens (tertiary/aromatic N) is 3. The number of H-pyrrole nitrogens is 1. The number of imidazole rings is 1. The second-order valence-corrected chi connectivity index (χ2v) is 8.61. The molecule has 32 heavy (non-hydrogen) atoms.